The molecule has 4 heteroatoms. The average Bonchev–Trinajstić information content (AvgIpc) is 3.20. The molecule has 0 amide bonds. The van der Waals surface area contributed by atoms with Crippen LogP contribution in [0.4, 0.5) is 0 Å². The maximum Gasteiger partial charge on any atom is 0.101 e. The summed E-state index contributed by atoms with van der Waals surface area (Å²) >= 11 is 5.40. The van der Waals surface area contributed by atoms with E-state index in [1.54, 1.807) is 11.8 Å². The Bertz CT molecular complexity index is 633. The summed E-state index contributed by atoms with van der Waals surface area (Å²) in [6.07, 6.45) is 2.65. The number of rotatable bonds is 5. The van der Waals surface area contributed by atoms with Crippen molar-refractivity contribution in [3.05, 3.63) is 51.6 Å². The van der Waals surface area contributed by atoms with Gasteiger partial charge in [0.15, 0.2) is 0 Å². The number of hydrogen-bond acceptors (Lipinski definition) is 3. The first-order valence-electron chi connectivity index (χ1n) is 7.25. The van der Waals surface area contributed by atoms with Gasteiger partial charge < -0.3 is 5.32 Å². The maximum atomic E-state index is 4.58. The van der Waals surface area contributed by atoms with Gasteiger partial charge in [-0.3, -0.25) is 0 Å². The molecule has 3 rings (SSSR count). The van der Waals surface area contributed by atoms with Crippen molar-refractivity contribution in [2.24, 2.45) is 0 Å². The molecule has 0 radical (unpaired) electrons. The van der Waals surface area contributed by atoms with Crippen molar-refractivity contribution in [2.75, 3.05) is 0 Å². The smallest absolute Gasteiger partial charge is 0.101 e. The Labute approximate surface area is 138 Å². The van der Waals surface area contributed by atoms with Gasteiger partial charge in [0.2, 0.25) is 0 Å². The van der Waals surface area contributed by atoms with E-state index in [0.29, 0.717) is 0 Å². The van der Waals surface area contributed by atoms with Crippen LogP contribution < -0.4 is 5.32 Å². The summed E-state index contributed by atoms with van der Waals surface area (Å²) in [6.45, 7) is 5.10. The number of halogens is 1. The van der Waals surface area contributed by atoms with Gasteiger partial charge in [0.05, 0.1) is 0 Å². The van der Waals surface area contributed by atoms with Crippen molar-refractivity contribution in [1.29, 1.82) is 0 Å². The summed E-state index contributed by atoms with van der Waals surface area (Å²) in [7, 11) is 0. The van der Waals surface area contributed by atoms with Gasteiger partial charge in [-0.2, -0.15) is 0 Å². The van der Waals surface area contributed by atoms with Crippen molar-refractivity contribution in [2.45, 2.75) is 49.2 Å². The fraction of sp³-hybridized carbons (Fsp3) is 0.353. The molecule has 110 valence electrons. The molecule has 0 spiro atoms. The molecule has 2 aromatic rings. The zero-order valence-corrected chi connectivity index (χ0v) is 14.7. The van der Waals surface area contributed by atoms with Crippen molar-refractivity contribution in [3.63, 3.8) is 0 Å². The molecule has 0 unspecified atom stereocenters. The Morgan fingerprint density at radius 2 is 2.05 bits per heavy atom. The Morgan fingerprint density at radius 1 is 1.24 bits per heavy atom. The summed E-state index contributed by atoms with van der Waals surface area (Å²) in [5.74, 6) is 0. The lowest BCUT2D eigenvalue weighted by atomic mass is 10.2. The number of nitrogens with zero attached hydrogens (tertiary/aromatic N) is 1. The van der Waals surface area contributed by atoms with Gasteiger partial charge >= 0.3 is 0 Å². The largest absolute Gasteiger partial charge is 0.310 e. The molecular formula is C17H19BrN2S. The van der Waals surface area contributed by atoms with Gasteiger partial charge in [-0.25, -0.2) is 4.98 Å². The van der Waals surface area contributed by atoms with Gasteiger partial charge in [0, 0.05) is 27.6 Å². The summed E-state index contributed by atoms with van der Waals surface area (Å²) in [5, 5.41) is 4.61. The Morgan fingerprint density at radius 3 is 2.71 bits per heavy atom. The van der Waals surface area contributed by atoms with Gasteiger partial charge in [-0.15, -0.1) is 0 Å². The molecule has 2 nitrogen and oxygen atoms in total. The van der Waals surface area contributed by atoms with Gasteiger partial charge in [0.25, 0.3) is 0 Å². The Balaban J connectivity index is 1.71. The number of pyridine rings is 1. The lowest BCUT2D eigenvalue weighted by Crippen LogP contribution is -2.15. The SMILES string of the molecule is Cc1cc(C)nc(Sc2ccc(CNC3CC3)c(Br)c2)c1. The van der Waals surface area contributed by atoms with E-state index in [4.69, 9.17) is 0 Å². The monoisotopic (exact) mass is 362 g/mol. The first kappa shape index (κ1) is 15.1. The van der Waals surface area contributed by atoms with Gasteiger partial charge in [-0.1, -0.05) is 33.8 Å². The molecular weight excluding hydrogens is 344 g/mol. The van der Waals surface area contributed by atoms with E-state index in [1.807, 2.05) is 6.92 Å². The molecule has 1 aromatic heterocycles. The Kier molecular flexibility index (Phi) is 4.67. The summed E-state index contributed by atoms with van der Waals surface area (Å²) in [6, 6.07) is 11.5. The van der Waals surface area contributed by atoms with E-state index >= 15 is 0 Å². The van der Waals surface area contributed by atoms with Crippen LogP contribution in [0.3, 0.4) is 0 Å². The molecule has 1 aliphatic rings. The van der Waals surface area contributed by atoms with E-state index in [2.05, 4.69) is 63.5 Å². The fourth-order valence-corrected chi connectivity index (χ4v) is 3.91. The van der Waals surface area contributed by atoms with Crippen LogP contribution in [0.1, 0.15) is 29.7 Å². The molecule has 21 heavy (non-hydrogen) atoms. The lowest BCUT2D eigenvalue weighted by Gasteiger charge is -2.09. The van der Waals surface area contributed by atoms with E-state index in [0.717, 1.165) is 23.3 Å². The van der Waals surface area contributed by atoms with Crippen LogP contribution in [0.15, 0.2) is 44.7 Å². The highest BCUT2D eigenvalue weighted by Gasteiger charge is 2.20. The quantitative estimate of drug-likeness (QED) is 0.821. The highest BCUT2D eigenvalue weighted by molar-refractivity contribution is 9.10. The summed E-state index contributed by atoms with van der Waals surface area (Å²) in [5.41, 5.74) is 3.65. The number of hydrogen-bond donors (Lipinski definition) is 1. The van der Waals surface area contributed by atoms with Crippen molar-refractivity contribution >= 4 is 27.7 Å². The zero-order valence-electron chi connectivity index (χ0n) is 12.3. The van der Waals surface area contributed by atoms with Crippen LogP contribution in [0, 0.1) is 13.8 Å². The van der Waals surface area contributed by atoms with E-state index in [-0.39, 0.29) is 0 Å². The van der Waals surface area contributed by atoms with Crippen LogP contribution in [0.2, 0.25) is 0 Å². The van der Waals surface area contributed by atoms with Crippen LogP contribution in [-0.4, -0.2) is 11.0 Å². The molecule has 0 atom stereocenters. The first-order chi connectivity index (χ1) is 10.1. The standard InChI is InChI=1S/C17H19BrN2S/c1-11-7-12(2)20-17(8-11)21-15-6-3-13(16(18)9-15)10-19-14-4-5-14/h3,6-9,14,19H,4-5,10H2,1-2H3. The second kappa shape index (κ2) is 6.51. The van der Waals surface area contributed by atoms with Gasteiger partial charge in [-0.05, 0) is 62.1 Å². The minimum Gasteiger partial charge on any atom is -0.310 e. The fourth-order valence-electron chi connectivity index (χ4n) is 2.25. The lowest BCUT2D eigenvalue weighted by molar-refractivity contribution is 0.685. The third-order valence-electron chi connectivity index (χ3n) is 3.48. The van der Waals surface area contributed by atoms with Crippen molar-refractivity contribution in [3.8, 4) is 0 Å². The topological polar surface area (TPSA) is 24.9 Å². The normalized spacial score (nSPS) is 14.4. The molecule has 1 heterocycles. The minimum atomic E-state index is 0.741. The third kappa shape index (κ3) is 4.31. The molecule has 0 aliphatic heterocycles. The summed E-state index contributed by atoms with van der Waals surface area (Å²) in [4.78, 5) is 5.80. The van der Waals surface area contributed by atoms with Crippen LogP contribution >= 0.6 is 27.7 Å². The highest BCUT2D eigenvalue weighted by Crippen LogP contribution is 2.31. The zero-order chi connectivity index (χ0) is 14.8. The number of aryl methyl sites for hydroxylation is 2. The van der Waals surface area contributed by atoms with Crippen molar-refractivity contribution < 1.29 is 0 Å². The molecule has 0 saturated heterocycles. The number of aromatic nitrogens is 1. The molecule has 0 bridgehead atoms. The first-order valence-corrected chi connectivity index (χ1v) is 8.86. The van der Waals surface area contributed by atoms with E-state index in [9.17, 15) is 0 Å². The van der Waals surface area contributed by atoms with E-state index in [1.165, 1.54) is 33.3 Å². The number of nitrogens with one attached hydrogen (secondary N) is 1. The molecule has 1 aromatic carbocycles. The van der Waals surface area contributed by atoms with Crippen LogP contribution in [-0.2, 0) is 6.54 Å². The van der Waals surface area contributed by atoms with Gasteiger partial charge in [0.1, 0.15) is 5.03 Å². The molecule has 1 aliphatic carbocycles. The van der Waals surface area contributed by atoms with E-state index < -0.39 is 0 Å². The molecule has 1 N–H and O–H groups in total. The molecule has 1 fully saturated rings. The second-order valence-corrected chi connectivity index (χ2v) is 7.58. The maximum absolute atomic E-state index is 4.58. The second-order valence-electron chi connectivity index (χ2n) is 5.63. The number of benzene rings is 1. The predicted molar refractivity (Wildman–Crippen MR) is 91.8 cm³/mol. The van der Waals surface area contributed by atoms with Crippen molar-refractivity contribution in [1.82, 2.24) is 10.3 Å². The predicted octanol–water partition coefficient (Wildman–Crippen LogP) is 4.86. The van der Waals surface area contributed by atoms with Crippen LogP contribution in [0.5, 0.6) is 0 Å². The third-order valence-corrected chi connectivity index (χ3v) is 5.13. The average molecular weight is 363 g/mol. The minimum absolute atomic E-state index is 0.741. The molecule has 1 saturated carbocycles. The highest BCUT2D eigenvalue weighted by atomic mass is 79.9. The van der Waals surface area contributed by atoms with Crippen LogP contribution in [0.25, 0.3) is 0 Å². The summed E-state index contributed by atoms with van der Waals surface area (Å²) < 4.78 is 1.17. The Hall–Kier alpha value is -0.840.